The number of carbonyl (C=O) groups is 3. The number of rotatable bonds is 6. The number of hydrogen-bond acceptors (Lipinski definition) is 6. The molecular weight excluding hydrogens is 268 g/mol. The highest BCUT2D eigenvalue weighted by atomic mass is 16.6. The summed E-state index contributed by atoms with van der Waals surface area (Å²) < 4.78 is 9.52. The first-order valence-corrected chi connectivity index (χ1v) is 6.51. The predicted molar refractivity (Wildman–Crippen MR) is 65.6 cm³/mol. The van der Waals surface area contributed by atoms with Gasteiger partial charge in [-0.05, 0) is 19.8 Å². The Bertz CT molecular complexity index is 352. The van der Waals surface area contributed by atoms with Crippen LogP contribution >= 0.6 is 0 Å². The molecule has 114 valence electrons. The molecule has 0 bridgehead atoms. The van der Waals surface area contributed by atoms with Crippen molar-refractivity contribution in [2.75, 3.05) is 32.9 Å². The van der Waals surface area contributed by atoms with Crippen LogP contribution in [0, 0.1) is 0 Å². The van der Waals surface area contributed by atoms with E-state index in [9.17, 15) is 19.5 Å². The van der Waals surface area contributed by atoms with E-state index in [1.54, 1.807) is 11.8 Å². The number of aliphatic carboxylic acids is 1. The average molecular weight is 287 g/mol. The third-order valence-corrected chi connectivity index (χ3v) is 2.84. The maximum Gasteiger partial charge on any atom is 0.409 e. The Labute approximate surface area is 117 Å². The van der Waals surface area contributed by atoms with Gasteiger partial charge in [-0.25, -0.2) is 4.79 Å². The summed E-state index contributed by atoms with van der Waals surface area (Å²) in [6, 6.07) is -0.0419. The molecule has 8 nitrogen and oxygen atoms in total. The van der Waals surface area contributed by atoms with E-state index >= 15 is 0 Å². The van der Waals surface area contributed by atoms with E-state index in [0.717, 1.165) is 0 Å². The minimum atomic E-state index is -1.36. The lowest BCUT2D eigenvalue weighted by atomic mass is 10.1. The Kier molecular flexibility index (Phi) is 6.78. The van der Waals surface area contributed by atoms with Crippen molar-refractivity contribution in [2.45, 2.75) is 25.8 Å². The molecule has 0 saturated carbocycles. The van der Waals surface area contributed by atoms with Crippen LogP contribution in [0.2, 0.25) is 0 Å². The third-order valence-electron chi connectivity index (χ3n) is 2.84. The highest BCUT2D eigenvalue weighted by molar-refractivity contribution is 5.78. The summed E-state index contributed by atoms with van der Waals surface area (Å²) in [4.78, 5) is 34.6. The van der Waals surface area contributed by atoms with E-state index in [-0.39, 0.29) is 24.6 Å². The number of carboxylic acid groups (broad SMARTS) is 1. The number of carboxylic acids is 1. The Balaban J connectivity index is 2.20. The normalized spacial score (nSPS) is 15.8. The fourth-order valence-electron chi connectivity index (χ4n) is 1.92. The van der Waals surface area contributed by atoms with Gasteiger partial charge in [0.1, 0.15) is 6.61 Å². The van der Waals surface area contributed by atoms with E-state index in [2.05, 4.69) is 10.1 Å². The molecule has 20 heavy (non-hydrogen) atoms. The predicted octanol–water partition coefficient (Wildman–Crippen LogP) is -1.51. The molecule has 1 rings (SSSR count). The average Bonchev–Trinajstić information content (AvgIpc) is 2.39. The fraction of sp³-hybridized carbons (Fsp3) is 0.750. The van der Waals surface area contributed by atoms with E-state index in [0.29, 0.717) is 32.5 Å². The maximum atomic E-state index is 11.5. The highest BCUT2D eigenvalue weighted by Gasteiger charge is 2.24. The minimum Gasteiger partial charge on any atom is -0.548 e. The summed E-state index contributed by atoms with van der Waals surface area (Å²) >= 11 is 0. The van der Waals surface area contributed by atoms with Gasteiger partial charge in [-0.2, -0.15) is 0 Å². The number of nitrogens with one attached hydrogen (secondary N) is 1. The number of hydrogen-bond donors (Lipinski definition) is 1. The molecule has 1 aliphatic heterocycles. The van der Waals surface area contributed by atoms with Crippen molar-refractivity contribution >= 4 is 18.0 Å². The maximum absolute atomic E-state index is 11.5. The minimum absolute atomic E-state index is 0.0419. The second-order valence-electron chi connectivity index (χ2n) is 4.39. The van der Waals surface area contributed by atoms with Crippen LogP contribution in [0.15, 0.2) is 0 Å². The van der Waals surface area contributed by atoms with Crippen LogP contribution in [0.4, 0.5) is 4.79 Å². The molecule has 1 fully saturated rings. The monoisotopic (exact) mass is 287 g/mol. The SMILES string of the molecule is CCOC(=O)N1CCC(NC(=O)COCC(=O)[O-])CC1. The zero-order valence-electron chi connectivity index (χ0n) is 11.4. The van der Waals surface area contributed by atoms with Gasteiger partial charge in [0.2, 0.25) is 5.91 Å². The lowest BCUT2D eigenvalue weighted by Gasteiger charge is -2.31. The fourth-order valence-corrected chi connectivity index (χ4v) is 1.92. The lowest BCUT2D eigenvalue weighted by molar-refractivity contribution is -0.309. The van der Waals surface area contributed by atoms with Gasteiger partial charge in [0, 0.05) is 19.1 Å². The van der Waals surface area contributed by atoms with E-state index < -0.39 is 12.6 Å². The Morgan fingerprint density at radius 2 is 1.90 bits per heavy atom. The zero-order chi connectivity index (χ0) is 15.0. The molecule has 0 spiro atoms. The Morgan fingerprint density at radius 3 is 2.45 bits per heavy atom. The number of amides is 2. The van der Waals surface area contributed by atoms with Crippen LogP contribution in [0.1, 0.15) is 19.8 Å². The van der Waals surface area contributed by atoms with Gasteiger partial charge in [-0.1, -0.05) is 0 Å². The summed E-state index contributed by atoms with van der Waals surface area (Å²) in [5, 5.41) is 12.8. The summed E-state index contributed by atoms with van der Waals surface area (Å²) in [6.07, 6.45) is 0.922. The van der Waals surface area contributed by atoms with Gasteiger partial charge in [0.15, 0.2) is 0 Å². The van der Waals surface area contributed by atoms with Crippen molar-refractivity contribution in [3.63, 3.8) is 0 Å². The van der Waals surface area contributed by atoms with Crippen molar-refractivity contribution in [3.05, 3.63) is 0 Å². The quantitative estimate of drug-likeness (QED) is 0.636. The number of carbonyl (C=O) groups excluding carboxylic acids is 3. The van der Waals surface area contributed by atoms with Gasteiger partial charge >= 0.3 is 6.09 Å². The number of nitrogens with zero attached hydrogens (tertiary/aromatic N) is 1. The van der Waals surface area contributed by atoms with Crippen LogP contribution < -0.4 is 10.4 Å². The van der Waals surface area contributed by atoms with Gasteiger partial charge in [-0.3, -0.25) is 4.79 Å². The summed E-state index contributed by atoms with van der Waals surface area (Å²) in [6.45, 7) is 2.21. The van der Waals surface area contributed by atoms with Crippen molar-refractivity contribution in [1.29, 1.82) is 0 Å². The second kappa shape index (κ2) is 8.36. The van der Waals surface area contributed by atoms with E-state index in [1.165, 1.54) is 0 Å². The molecule has 1 aliphatic rings. The summed E-state index contributed by atoms with van der Waals surface area (Å²) in [5.41, 5.74) is 0. The number of ether oxygens (including phenoxy) is 2. The number of likely N-dealkylation sites (tertiary alicyclic amines) is 1. The summed E-state index contributed by atoms with van der Waals surface area (Å²) in [7, 11) is 0. The first-order chi connectivity index (χ1) is 9.52. The topological polar surface area (TPSA) is 108 Å². The van der Waals surface area contributed by atoms with Gasteiger partial charge in [0.25, 0.3) is 0 Å². The molecule has 0 aromatic carbocycles. The third kappa shape index (κ3) is 5.87. The lowest BCUT2D eigenvalue weighted by Crippen LogP contribution is -2.47. The van der Waals surface area contributed by atoms with Crippen molar-refractivity contribution in [1.82, 2.24) is 10.2 Å². The van der Waals surface area contributed by atoms with Crippen molar-refractivity contribution in [3.8, 4) is 0 Å². The molecule has 0 aliphatic carbocycles. The van der Waals surface area contributed by atoms with Crippen molar-refractivity contribution < 1.29 is 29.0 Å². The highest BCUT2D eigenvalue weighted by Crippen LogP contribution is 2.11. The molecule has 2 amide bonds. The Morgan fingerprint density at radius 1 is 1.25 bits per heavy atom. The largest absolute Gasteiger partial charge is 0.548 e. The molecule has 8 heteroatoms. The first-order valence-electron chi connectivity index (χ1n) is 6.51. The molecule has 0 radical (unpaired) electrons. The molecular formula is C12H19N2O6-. The van der Waals surface area contributed by atoms with Crippen LogP contribution in [-0.2, 0) is 19.1 Å². The van der Waals surface area contributed by atoms with Crippen molar-refractivity contribution in [2.24, 2.45) is 0 Å². The number of piperidine rings is 1. The zero-order valence-corrected chi connectivity index (χ0v) is 11.4. The molecule has 0 atom stereocenters. The molecule has 1 N–H and O–H groups in total. The van der Waals surface area contributed by atoms with Crippen LogP contribution in [0.25, 0.3) is 0 Å². The van der Waals surface area contributed by atoms with Crippen LogP contribution in [0.5, 0.6) is 0 Å². The van der Waals surface area contributed by atoms with Gasteiger partial charge in [0.05, 0.1) is 19.2 Å². The van der Waals surface area contributed by atoms with Crippen LogP contribution in [-0.4, -0.2) is 61.8 Å². The molecule has 0 unspecified atom stereocenters. The standard InChI is InChI=1S/C12H20N2O6/c1-2-20-12(18)14-5-3-9(4-6-14)13-10(15)7-19-8-11(16)17/h9H,2-8H2,1H3,(H,13,15)(H,16,17)/p-1. The Hall–Kier alpha value is -1.83. The first kappa shape index (κ1) is 16.2. The van der Waals surface area contributed by atoms with Gasteiger partial charge in [-0.15, -0.1) is 0 Å². The second-order valence-corrected chi connectivity index (χ2v) is 4.39. The van der Waals surface area contributed by atoms with Gasteiger partial charge < -0.3 is 29.6 Å². The van der Waals surface area contributed by atoms with E-state index in [1.807, 2.05) is 0 Å². The smallest absolute Gasteiger partial charge is 0.409 e. The molecule has 1 heterocycles. The molecule has 1 saturated heterocycles. The molecule has 0 aromatic heterocycles. The van der Waals surface area contributed by atoms with E-state index in [4.69, 9.17) is 4.74 Å². The van der Waals surface area contributed by atoms with Crippen LogP contribution in [0.3, 0.4) is 0 Å². The summed E-state index contributed by atoms with van der Waals surface area (Å²) in [5.74, 6) is -1.73. The molecule has 0 aromatic rings.